The Morgan fingerprint density at radius 1 is 1.65 bits per heavy atom. The third-order valence-corrected chi connectivity index (χ3v) is 3.77. The molecule has 0 aromatic carbocycles. The van der Waals surface area contributed by atoms with Crippen molar-refractivity contribution in [2.24, 2.45) is 0 Å². The number of nitrogens with one attached hydrogen (secondary N) is 1. The van der Waals surface area contributed by atoms with Crippen LogP contribution in [0.15, 0.2) is 0 Å². The van der Waals surface area contributed by atoms with Gasteiger partial charge in [0.1, 0.15) is 0 Å². The molecule has 0 saturated heterocycles. The number of carbonyl (C=O) groups excluding carboxylic acids is 1. The summed E-state index contributed by atoms with van der Waals surface area (Å²) in [6.07, 6.45) is 0. The number of rotatable bonds is 5. The van der Waals surface area contributed by atoms with Crippen molar-refractivity contribution in [3.8, 4) is 0 Å². The summed E-state index contributed by atoms with van der Waals surface area (Å²) in [4.78, 5) is 17.8. The van der Waals surface area contributed by atoms with Crippen LogP contribution in [0.2, 0.25) is 5.15 Å². The molecule has 0 bridgehead atoms. The Kier molecular flexibility index (Phi) is 5.17. The first-order valence-corrected chi connectivity index (χ1v) is 6.30. The van der Waals surface area contributed by atoms with E-state index in [4.69, 9.17) is 11.6 Å². The molecule has 7 heteroatoms. The molecular weight excluding hydrogens is 262 g/mol. The van der Waals surface area contributed by atoms with E-state index in [0.29, 0.717) is 16.1 Å². The third-order valence-electron chi connectivity index (χ3n) is 2.39. The Morgan fingerprint density at radius 3 is 2.82 bits per heavy atom. The van der Waals surface area contributed by atoms with Crippen LogP contribution < -0.4 is 5.32 Å². The number of anilines is 1. The fraction of sp³-hybridized carbons (Fsp3) is 0.600. The number of hydrogen-bond acceptors (Lipinski definition) is 6. The normalized spacial score (nSPS) is 12.6. The third kappa shape index (κ3) is 3.83. The van der Waals surface area contributed by atoms with E-state index in [1.165, 1.54) is 18.4 Å². The lowest BCUT2D eigenvalue weighted by Crippen LogP contribution is -2.31. The van der Waals surface area contributed by atoms with Crippen LogP contribution in [-0.4, -0.2) is 49.6 Å². The van der Waals surface area contributed by atoms with Crippen molar-refractivity contribution < 1.29 is 9.53 Å². The van der Waals surface area contributed by atoms with Crippen molar-refractivity contribution in [2.45, 2.75) is 13.0 Å². The maximum absolute atomic E-state index is 11.3. The zero-order chi connectivity index (χ0) is 13.0. The molecule has 5 nitrogen and oxygen atoms in total. The predicted molar refractivity (Wildman–Crippen MR) is 70.1 cm³/mol. The van der Waals surface area contributed by atoms with Gasteiger partial charge in [0.05, 0.1) is 7.11 Å². The van der Waals surface area contributed by atoms with E-state index in [0.717, 1.165) is 6.54 Å². The fourth-order valence-corrected chi connectivity index (χ4v) is 2.12. The number of esters is 1. The second kappa shape index (κ2) is 6.18. The van der Waals surface area contributed by atoms with Crippen LogP contribution in [0.1, 0.15) is 16.6 Å². The average molecular weight is 278 g/mol. The molecule has 1 N–H and O–H groups in total. The van der Waals surface area contributed by atoms with Gasteiger partial charge >= 0.3 is 5.97 Å². The van der Waals surface area contributed by atoms with Gasteiger partial charge in [0, 0.05) is 12.6 Å². The minimum Gasteiger partial charge on any atom is -0.465 e. The van der Waals surface area contributed by atoms with Crippen molar-refractivity contribution in [1.82, 2.24) is 9.88 Å². The van der Waals surface area contributed by atoms with Crippen molar-refractivity contribution in [3.05, 3.63) is 10.0 Å². The molecule has 0 amide bonds. The SMILES string of the molecule is COC(=O)c1sc(NCC(C)N(C)C)nc1Cl. The summed E-state index contributed by atoms with van der Waals surface area (Å²) in [5, 5.41) is 3.95. The van der Waals surface area contributed by atoms with Crippen LogP contribution in [0, 0.1) is 0 Å². The number of thiazole rings is 1. The van der Waals surface area contributed by atoms with Gasteiger partial charge in [0.2, 0.25) is 0 Å². The molecule has 0 spiro atoms. The summed E-state index contributed by atoms with van der Waals surface area (Å²) >= 11 is 7.04. The Morgan fingerprint density at radius 2 is 2.29 bits per heavy atom. The minimum atomic E-state index is -0.457. The van der Waals surface area contributed by atoms with E-state index in [1.54, 1.807) is 0 Å². The Labute approximate surface area is 110 Å². The van der Waals surface area contributed by atoms with Gasteiger partial charge in [-0.25, -0.2) is 9.78 Å². The summed E-state index contributed by atoms with van der Waals surface area (Å²) < 4.78 is 4.61. The maximum atomic E-state index is 11.3. The van der Waals surface area contributed by atoms with Crippen LogP contribution in [0.25, 0.3) is 0 Å². The van der Waals surface area contributed by atoms with Gasteiger partial charge in [-0.3, -0.25) is 0 Å². The van der Waals surface area contributed by atoms with E-state index < -0.39 is 5.97 Å². The molecule has 17 heavy (non-hydrogen) atoms. The van der Waals surface area contributed by atoms with Crippen LogP contribution in [0.4, 0.5) is 5.13 Å². The Bertz CT molecular complexity index is 395. The molecule has 1 aromatic rings. The Hall–Kier alpha value is -0.850. The lowest BCUT2D eigenvalue weighted by molar-refractivity contribution is 0.0606. The molecule has 1 rings (SSSR count). The quantitative estimate of drug-likeness (QED) is 0.834. The monoisotopic (exact) mass is 277 g/mol. The summed E-state index contributed by atoms with van der Waals surface area (Å²) in [5.41, 5.74) is 0. The summed E-state index contributed by atoms with van der Waals surface area (Å²) in [6, 6.07) is 0.360. The fourth-order valence-electron chi connectivity index (χ4n) is 1.01. The van der Waals surface area contributed by atoms with Gasteiger partial charge in [0.15, 0.2) is 15.2 Å². The lowest BCUT2D eigenvalue weighted by Gasteiger charge is -2.19. The van der Waals surface area contributed by atoms with Crippen molar-refractivity contribution >= 4 is 34.0 Å². The van der Waals surface area contributed by atoms with Crippen LogP contribution in [0.3, 0.4) is 0 Å². The van der Waals surface area contributed by atoms with Crippen molar-refractivity contribution in [3.63, 3.8) is 0 Å². The first kappa shape index (κ1) is 14.2. The number of hydrogen-bond donors (Lipinski definition) is 1. The standard InChI is InChI=1S/C10H16ClN3O2S/c1-6(14(2)3)5-12-10-13-8(11)7(17-10)9(15)16-4/h6H,5H2,1-4H3,(H,12,13). The van der Waals surface area contributed by atoms with E-state index in [2.05, 4.69) is 26.9 Å². The van der Waals surface area contributed by atoms with Gasteiger partial charge in [-0.05, 0) is 21.0 Å². The number of carbonyl (C=O) groups is 1. The van der Waals surface area contributed by atoms with Crippen LogP contribution >= 0.6 is 22.9 Å². The molecule has 0 aliphatic rings. The summed E-state index contributed by atoms with van der Waals surface area (Å²) in [6.45, 7) is 2.82. The van der Waals surface area contributed by atoms with E-state index in [9.17, 15) is 4.79 Å². The lowest BCUT2D eigenvalue weighted by atomic mass is 10.3. The second-order valence-corrected chi connectivity index (χ2v) is 5.18. The highest BCUT2D eigenvalue weighted by molar-refractivity contribution is 7.18. The molecular formula is C10H16ClN3O2S. The molecule has 0 fully saturated rings. The number of aromatic nitrogens is 1. The van der Waals surface area contributed by atoms with Crippen molar-refractivity contribution in [2.75, 3.05) is 33.1 Å². The van der Waals surface area contributed by atoms with Gasteiger partial charge in [-0.2, -0.15) is 0 Å². The second-order valence-electron chi connectivity index (χ2n) is 3.82. The first-order chi connectivity index (χ1) is 7.95. The van der Waals surface area contributed by atoms with Crippen LogP contribution in [-0.2, 0) is 4.74 Å². The molecule has 96 valence electrons. The smallest absolute Gasteiger partial charge is 0.351 e. The zero-order valence-corrected chi connectivity index (χ0v) is 11.9. The summed E-state index contributed by atoms with van der Waals surface area (Å²) in [7, 11) is 5.32. The summed E-state index contributed by atoms with van der Waals surface area (Å²) in [5.74, 6) is -0.457. The molecule has 0 saturated carbocycles. The number of methoxy groups -OCH3 is 1. The minimum absolute atomic E-state index is 0.182. The Balaban J connectivity index is 2.65. The van der Waals surface area contributed by atoms with Crippen LogP contribution in [0.5, 0.6) is 0 Å². The van der Waals surface area contributed by atoms with Gasteiger partial charge in [-0.1, -0.05) is 22.9 Å². The van der Waals surface area contributed by atoms with E-state index >= 15 is 0 Å². The van der Waals surface area contributed by atoms with E-state index in [1.807, 2.05) is 14.1 Å². The predicted octanol–water partition coefficient (Wildman–Crippen LogP) is 1.95. The average Bonchev–Trinajstić information content (AvgIpc) is 2.66. The number of nitrogens with zero attached hydrogens (tertiary/aromatic N) is 2. The molecule has 1 heterocycles. The highest BCUT2D eigenvalue weighted by Crippen LogP contribution is 2.27. The maximum Gasteiger partial charge on any atom is 0.351 e. The van der Waals surface area contributed by atoms with E-state index in [-0.39, 0.29) is 5.15 Å². The highest BCUT2D eigenvalue weighted by Gasteiger charge is 2.17. The highest BCUT2D eigenvalue weighted by atomic mass is 35.5. The first-order valence-electron chi connectivity index (χ1n) is 5.10. The van der Waals surface area contributed by atoms with Gasteiger partial charge < -0.3 is 15.0 Å². The largest absolute Gasteiger partial charge is 0.465 e. The topological polar surface area (TPSA) is 54.5 Å². The van der Waals surface area contributed by atoms with Gasteiger partial charge in [0.25, 0.3) is 0 Å². The van der Waals surface area contributed by atoms with Crippen molar-refractivity contribution in [1.29, 1.82) is 0 Å². The molecule has 0 aliphatic heterocycles. The number of ether oxygens (including phenoxy) is 1. The zero-order valence-electron chi connectivity index (χ0n) is 10.3. The molecule has 0 aliphatic carbocycles. The number of halogens is 1. The molecule has 1 atom stereocenters. The molecule has 1 unspecified atom stereocenters. The number of likely N-dealkylation sites (N-methyl/N-ethyl adjacent to an activating group) is 1. The molecule has 1 aromatic heterocycles. The molecule has 0 radical (unpaired) electrons. The van der Waals surface area contributed by atoms with Gasteiger partial charge in [-0.15, -0.1) is 0 Å².